The average Bonchev–Trinajstić information content (AvgIpc) is 3.11. The first-order valence-corrected chi connectivity index (χ1v) is 8.34. The summed E-state index contributed by atoms with van der Waals surface area (Å²) in [5.74, 6) is 0. The first-order chi connectivity index (χ1) is 11.2. The number of aliphatic hydroxyl groups excluding tert-OH is 1. The normalized spacial score (nSPS) is 27.2. The summed E-state index contributed by atoms with van der Waals surface area (Å²) in [4.78, 5) is 27.0. The highest BCUT2D eigenvalue weighted by Gasteiger charge is 2.40. The number of amides is 2. The molecule has 1 unspecified atom stereocenters. The molecule has 2 aliphatic heterocycles. The molecular formula is C16H28N2O6. The number of hydrogen-bond acceptors (Lipinski definition) is 6. The largest absolute Gasteiger partial charge is 0.447 e. The van der Waals surface area contributed by atoms with E-state index in [2.05, 4.69) is 0 Å². The number of nitrogens with zero attached hydrogens (tertiary/aromatic N) is 2. The van der Waals surface area contributed by atoms with Crippen LogP contribution in [0.5, 0.6) is 0 Å². The Morgan fingerprint density at radius 3 is 2.62 bits per heavy atom. The molecule has 2 saturated heterocycles. The molecule has 0 aromatic rings. The summed E-state index contributed by atoms with van der Waals surface area (Å²) in [6.45, 7) is 6.59. The maximum absolute atomic E-state index is 12.1. The quantitative estimate of drug-likeness (QED) is 0.828. The van der Waals surface area contributed by atoms with Gasteiger partial charge in [-0.2, -0.15) is 0 Å². The van der Waals surface area contributed by atoms with E-state index in [9.17, 15) is 14.7 Å². The number of β-amino-alcohol motifs (C(OH)–C–C–N with tert-alkyl or cyclic N) is 1. The molecule has 0 saturated carbocycles. The van der Waals surface area contributed by atoms with Crippen molar-refractivity contribution in [1.82, 2.24) is 9.80 Å². The third kappa shape index (κ3) is 4.98. The van der Waals surface area contributed by atoms with Crippen molar-refractivity contribution in [2.24, 2.45) is 0 Å². The molecule has 0 spiro atoms. The van der Waals surface area contributed by atoms with Crippen LogP contribution in [0, 0.1) is 0 Å². The Morgan fingerprint density at radius 1 is 1.33 bits per heavy atom. The van der Waals surface area contributed by atoms with Crippen LogP contribution in [0.1, 0.15) is 33.6 Å². The van der Waals surface area contributed by atoms with Crippen LogP contribution >= 0.6 is 0 Å². The fourth-order valence-corrected chi connectivity index (χ4v) is 2.80. The Balaban J connectivity index is 1.84. The summed E-state index contributed by atoms with van der Waals surface area (Å²) in [5.41, 5.74) is -0.605. The van der Waals surface area contributed by atoms with Gasteiger partial charge in [0, 0.05) is 20.2 Å². The minimum Gasteiger partial charge on any atom is -0.447 e. The van der Waals surface area contributed by atoms with E-state index < -0.39 is 29.9 Å². The van der Waals surface area contributed by atoms with E-state index in [0.717, 1.165) is 12.8 Å². The molecule has 2 amide bonds. The van der Waals surface area contributed by atoms with Crippen LogP contribution in [0.15, 0.2) is 0 Å². The summed E-state index contributed by atoms with van der Waals surface area (Å²) in [6, 6.07) is -0.519. The Hall–Kier alpha value is -1.54. The van der Waals surface area contributed by atoms with Crippen LogP contribution in [0.4, 0.5) is 9.59 Å². The molecule has 0 radical (unpaired) electrons. The van der Waals surface area contributed by atoms with Gasteiger partial charge >= 0.3 is 12.2 Å². The summed E-state index contributed by atoms with van der Waals surface area (Å²) >= 11 is 0. The van der Waals surface area contributed by atoms with Crippen LogP contribution in [-0.4, -0.2) is 84.3 Å². The van der Waals surface area contributed by atoms with Crippen molar-refractivity contribution in [2.45, 2.75) is 57.5 Å². The van der Waals surface area contributed by atoms with E-state index in [-0.39, 0.29) is 25.8 Å². The Kier molecular flexibility index (Phi) is 5.92. The third-order valence-corrected chi connectivity index (χ3v) is 4.11. The number of hydrogen-bond donors (Lipinski definition) is 1. The van der Waals surface area contributed by atoms with E-state index >= 15 is 0 Å². The van der Waals surface area contributed by atoms with Gasteiger partial charge in [-0.1, -0.05) is 0 Å². The van der Waals surface area contributed by atoms with Crippen molar-refractivity contribution in [3.8, 4) is 0 Å². The van der Waals surface area contributed by atoms with E-state index in [1.165, 1.54) is 9.80 Å². The van der Waals surface area contributed by atoms with Gasteiger partial charge in [-0.05, 0) is 33.6 Å². The average molecular weight is 344 g/mol. The summed E-state index contributed by atoms with van der Waals surface area (Å²) in [7, 11) is 1.56. The molecule has 0 bridgehead atoms. The van der Waals surface area contributed by atoms with E-state index in [0.29, 0.717) is 6.61 Å². The topological polar surface area (TPSA) is 88.5 Å². The predicted molar refractivity (Wildman–Crippen MR) is 85.7 cm³/mol. The molecule has 0 aromatic carbocycles. The zero-order valence-corrected chi connectivity index (χ0v) is 14.9. The molecule has 24 heavy (non-hydrogen) atoms. The second-order valence-electron chi connectivity index (χ2n) is 7.34. The standard InChI is InChI=1S/C16H28N2O6/c1-16(2,3)24-15(21)18-8-12(13(19)9-18)17(4)14(20)23-10-11-6-5-7-22-11/h11-13,19H,5-10H2,1-4H3/t11?,12-,13-/m0/s1. The van der Waals surface area contributed by atoms with Gasteiger partial charge in [0.2, 0.25) is 0 Å². The summed E-state index contributed by atoms with van der Waals surface area (Å²) < 4.78 is 15.9. The van der Waals surface area contributed by atoms with Gasteiger partial charge < -0.3 is 29.1 Å². The lowest BCUT2D eigenvalue weighted by molar-refractivity contribution is 0.0203. The van der Waals surface area contributed by atoms with Crippen molar-refractivity contribution < 1.29 is 28.9 Å². The molecule has 3 atom stereocenters. The minimum absolute atomic E-state index is 0.0471. The van der Waals surface area contributed by atoms with Crippen molar-refractivity contribution in [1.29, 1.82) is 0 Å². The molecule has 0 aliphatic carbocycles. The van der Waals surface area contributed by atoms with Gasteiger partial charge in [0.25, 0.3) is 0 Å². The number of rotatable bonds is 3. The lowest BCUT2D eigenvalue weighted by Gasteiger charge is -2.27. The summed E-state index contributed by atoms with van der Waals surface area (Å²) in [5, 5.41) is 10.2. The SMILES string of the molecule is CN(C(=O)OCC1CCCO1)[C@H]1CN(C(=O)OC(C)(C)C)C[C@@H]1O. The maximum atomic E-state index is 12.1. The van der Waals surface area contributed by atoms with E-state index in [4.69, 9.17) is 14.2 Å². The minimum atomic E-state index is -0.835. The number of likely N-dealkylation sites (tertiary alicyclic amines) is 1. The summed E-state index contributed by atoms with van der Waals surface area (Å²) in [6.07, 6.45) is -0.0441. The second kappa shape index (κ2) is 7.57. The molecule has 2 rings (SSSR count). The molecule has 8 nitrogen and oxygen atoms in total. The fourth-order valence-electron chi connectivity index (χ4n) is 2.80. The van der Waals surface area contributed by atoms with Gasteiger partial charge in [-0.25, -0.2) is 9.59 Å². The number of carbonyl (C=O) groups is 2. The van der Waals surface area contributed by atoms with Gasteiger partial charge in [0.05, 0.1) is 24.8 Å². The molecule has 1 N–H and O–H groups in total. The molecule has 0 aromatic heterocycles. The zero-order valence-electron chi connectivity index (χ0n) is 14.9. The van der Waals surface area contributed by atoms with Gasteiger partial charge in [0.1, 0.15) is 12.2 Å². The van der Waals surface area contributed by atoms with Crippen LogP contribution in [-0.2, 0) is 14.2 Å². The van der Waals surface area contributed by atoms with Crippen LogP contribution in [0.3, 0.4) is 0 Å². The van der Waals surface area contributed by atoms with Crippen molar-refractivity contribution in [3.05, 3.63) is 0 Å². The second-order valence-corrected chi connectivity index (χ2v) is 7.34. The van der Waals surface area contributed by atoms with Gasteiger partial charge in [-0.3, -0.25) is 0 Å². The molecule has 8 heteroatoms. The predicted octanol–water partition coefficient (Wildman–Crippen LogP) is 1.21. The first-order valence-electron chi connectivity index (χ1n) is 8.34. The van der Waals surface area contributed by atoms with Crippen molar-refractivity contribution in [2.75, 3.05) is 33.4 Å². The molecule has 138 valence electrons. The Labute approximate surface area is 142 Å². The van der Waals surface area contributed by atoms with Crippen LogP contribution < -0.4 is 0 Å². The third-order valence-electron chi connectivity index (χ3n) is 4.11. The molecule has 2 fully saturated rings. The Bertz CT molecular complexity index is 458. The number of carbonyl (C=O) groups excluding carboxylic acids is 2. The number of ether oxygens (including phenoxy) is 3. The first kappa shape index (κ1) is 18.8. The van der Waals surface area contributed by atoms with Gasteiger partial charge in [0.15, 0.2) is 0 Å². The molecular weight excluding hydrogens is 316 g/mol. The zero-order chi connectivity index (χ0) is 17.9. The van der Waals surface area contributed by atoms with Crippen LogP contribution in [0.2, 0.25) is 0 Å². The van der Waals surface area contributed by atoms with Crippen molar-refractivity contribution in [3.63, 3.8) is 0 Å². The van der Waals surface area contributed by atoms with Gasteiger partial charge in [-0.15, -0.1) is 0 Å². The van der Waals surface area contributed by atoms with Crippen molar-refractivity contribution >= 4 is 12.2 Å². The fraction of sp³-hybridized carbons (Fsp3) is 0.875. The smallest absolute Gasteiger partial charge is 0.410 e. The number of aliphatic hydroxyl groups is 1. The Morgan fingerprint density at radius 2 is 2.04 bits per heavy atom. The van der Waals surface area contributed by atoms with E-state index in [1.54, 1.807) is 27.8 Å². The lowest BCUT2D eigenvalue weighted by Crippen LogP contribution is -2.45. The molecule has 2 heterocycles. The van der Waals surface area contributed by atoms with E-state index in [1.807, 2.05) is 0 Å². The molecule has 2 aliphatic rings. The highest BCUT2D eigenvalue weighted by Crippen LogP contribution is 2.20. The monoisotopic (exact) mass is 344 g/mol. The lowest BCUT2D eigenvalue weighted by atomic mass is 10.2. The number of likely N-dealkylation sites (N-methyl/N-ethyl adjacent to an activating group) is 1. The maximum Gasteiger partial charge on any atom is 0.410 e. The highest BCUT2D eigenvalue weighted by atomic mass is 16.6. The van der Waals surface area contributed by atoms with Crippen LogP contribution in [0.25, 0.3) is 0 Å². The highest BCUT2D eigenvalue weighted by molar-refractivity contribution is 5.70.